The Kier molecular flexibility index (Phi) is 3.28. The fourth-order valence-electron chi connectivity index (χ4n) is 4.64. The van der Waals surface area contributed by atoms with E-state index >= 15 is 0 Å². The number of allylic oxidation sites excluding steroid dienone is 8. The highest BCUT2D eigenvalue weighted by Crippen LogP contribution is 2.57. The van der Waals surface area contributed by atoms with Gasteiger partial charge in [0.2, 0.25) is 0 Å². The van der Waals surface area contributed by atoms with Crippen molar-refractivity contribution < 1.29 is 0 Å². The van der Waals surface area contributed by atoms with E-state index in [2.05, 4.69) is 62.5 Å². The summed E-state index contributed by atoms with van der Waals surface area (Å²) in [6.45, 7) is 4.75. The Balaban J connectivity index is 1.83. The molecule has 0 aromatic heterocycles. The van der Waals surface area contributed by atoms with Crippen LogP contribution >= 0.6 is 0 Å². The van der Waals surface area contributed by atoms with Crippen LogP contribution in [0.1, 0.15) is 26.7 Å². The van der Waals surface area contributed by atoms with Crippen LogP contribution < -0.4 is 0 Å². The van der Waals surface area contributed by atoms with Gasteiger partial charge in [0.05, 0.1) is 0 Å². The Morgan fingerprint density at radius 2 is 0.944 bits per heavy atom. The molecule has 1 saturated carbocycles. The largest absolute Gasteiger partial charge is 0.0773 e. The molecule has 0 heterocycles. The quantitative estimate of drug-likeness (QED) is 0.664. The molecule has 0 bridgehead atoms. The van der Waals surface area contributed by atoms with Crippen molar-refractivity contribution >= 4 is 0 Å². The minimum atomic E-state index is 0.699. The molecular formula is C18H24. The Labute approximate surface area is 111 Å². The van der Waals surface area contributed by atoms with Crippen LogP contribution in [-0.4, -0.2) is 0 Å². The summed E-state index contributed by atoms with van der Waals surface area (Å²) in [6.07, 6.45) is 21.3. The number of rotatable bonds is 4. The lowest BCUT2D eigenvalue weighted by atomic mass is 9.48. The van der Waals surface area contributed by atoms with E-state index in [4.69, 9.17) is 0 Å². The van der Waals surface area contributed by atoms with Crippen LogP contribution in [0.4, 0.5) is 0 Å². The van der Waals surface area contributed by atoms with Crippen LogP contribution in [0.5, 0.6) is 0 Å². The molecule has 0 unspecified atom stereocenters. The normalized spacial score (nSPS) is 38.8. The van der Waals surface area contributed by atoms with Crippen LogP contribution in [0, 0.1) is 35.5 Å². The molecule has 3 rings (SSSR count). The highest BCUT2D eigenvalue weighted by molar-refractivity contribution is 5.26. The van der Waals surface area contributed by atoms with Crippen molar-refractivity contribution in [3.63, 3.8) is 0 Å². The Morgan fingerprint density at radius 1 is 0.611 bits per heavy atom. The topological polar surface area (TPSA) is 0 Å². The predicted molar refractivity (Wildman–Crippen MR) is 78.1 cm³/mol. The highest BCUT2D eigenvalue weighted by Gasteiger charge is 2.52. The minimum Gasteiger partial charge on any atom is -0.0773 e. The fourth-order valence-corrected chi connectivity index (χ4v) is 4.64. The van der Waals surface area contributed by atoms with Gasteiger partial charge in [-0.3, -0.25) is 0 Å². The lowest BCUT2D eigenvalue weighted by molar-refractivity contribution is -0.0574. The molecule has 4 atom stereocenters. The Bertz CT molecular complexity index is 346. The number of hydrogen-bond donors (Lipinski definition) is 0. The minimum absolute atomic E-state index is 0.699. The lowest BCUT2D eigenvalue weighted by Crippen LogP contribution is -2.51. The zero-order valence-electron chi connectivity index (χ0n) is 11.5. The van der Waals surface area contributed by atoms with E-state index in [-0.39, 0.29) is 0 Å². The maximum atomic E-state index is 2.41. The van der Waals surface area contributed by atoms with E-state index in [0.29, 0.717) is 11.8 Å². The lowest BCUT2D eigenvalue weighted by Gasteiger charge is -2.56. The first kappa shape index (κ1) is 12.0. The van der Waals surface area contributed by atoms with Crippen molar-refractivity contribution in [3.8, 4) is 0 Å². The van der Waals surface area contributed by atoms with Gasteiger partial charge in [-0.05, 0) is 35.5 Å². The average molecular weight is 240 g/mol. The summed E-state index contributed by atoms with van der Waals surface area (Å²) in [7, 11) is 0. The maximum Gasteiger partial charge on any atom is -0.00131 e. The molecule has 18 heavy (non-hydrogen) atoms. The van der Waals surface area contributed by atoms with E-state index < -0.39 is 0 Å². The fraction of sp³-hybridized carbons (Fsp3) is 0.556. The second kappa shape index (κ2) is 4.91. The molecule has 1 fully saturated rings. The van der Waals surface area contributed by atoms with Gasteiger partial charge in [0.15, 0.2) is 0 Å². The Hall–Kier alpha value is -1.04. The van der Waals surface area contributed by atoms with Gasteiger partial charge < -0.3 is 0 Å². The van der Waals surface area contributed by atoms with E-state index in [0.717, 1.165) is 23.7 Å². The second-order valence-corrected chi connectivity index (χ2v) is 5.99. The predicted octanol–water partition coefficient (Wildman–Crippen LogP) is 4.77. The summed E-state index contributed by atoms with van der Waals surface area (Å²) in [5, 5.41) is 0. The SMILES string of the molecule is CC[C@@H]1[C@H](CC)[C@@H](C2C=CC=C2)[C@H]1C1C=CC=C1. The molecule has 0 nitrogen and oxygen atoms in total. The van der Waals surface area contributed by atoms with Crippen LogP contribution in [-0.2, 0) is 0 Å². The summed E-state index contributed by atoms with van der Waals surface area (Å²) in [4.78, 5) is 0. The maximum absolute atomic E-state index is 2.41. The summed E-state index contributed by atoms with van der Waals surface area (Å²) in [5.41, 5.74) is 0. The molecule has 0 aromatic rings. The molecule has 0 heteroatoms. The monoisotopic (exact) mass is 240 g/mol. The van der Waals surface area contributed by atoms with Gasteiger partial charge in [0.25, 0.3) is 0 Å². The van der Waals surface area contributed by atoms with Gasteiger partial charge in [0, 0.05) is 0 Å². The molecule has 3 aliphatic carbocycles. The smallest absolute Gasteiger partial charge is 0.00131 e. The van der Waals surface area contributed by atoms with Crippen molar-refractivity contribution in [2.45, 2.75) is 26.7 Å². The average Bonchev–Trinajstić information content (AvgIpc) is 3.01. The molecule has 0 saturated heterocycles. The van der Waals surface area contributed by atoms with Gasteiger partial charge in [0.1, 0.15) is 0 Å². The zero-order chi connectivity index (χ0) is 12.5. The summed E-state index contributed by atoms with van der Waals surface area (Å²) in [5.74, 6) is 4.99. The molecule has 0 amide bonds. The molecule has 0 aromatic carbocycles. The number of hydrogen-bond acceptors (Lipinski definition) is 0. The van der Waals surface area contributed by atoms with E-state index in [1.807, 2.05) is 0 Å². The van der Waals surface area contributed by atoms with Crippen molar-refractivity contribution in [3.05, 3.63) is 48.6 Å². The van der Waals surface area contributed by atoms with E-state index in [1.54, 1.807) is 0 Å². The summed E-state index contributed by atoms with van der Waals surface area (Å²) < 4.78 is 0. The Morgan fingerprint density at radius 3 is 1.22 bits per heavy atom. The van der Waals surface area contributed by atoms with Crippen LogP contribution in [0.15, 0.2) is 48.6 Å². The van der Waals surface area contributed by atoms with Crippen molar-refractivity contribution in [2.24, 2.45) is 35.5 Å². The third-order valence-corrected chi connectivity index (χ3v) is 5.37. The van der Waals surface area contributed by atoms with Gasteiger partial charge >= 0.3 is 0 Å². The second-order valence-electron chi connectivity index (χ2n) is 5.99. The highest BCUT2D eigenvalue weighted by atomic mass is 14.6. The molecule has 0 radical (unpaired) electrons. The van der Waals surface area contributed by atoms with Crippen LogP contribution in [0.25, 0.3) is 0 Å². The van der Waals surface area contributed by atoms with Gasteiger partial charge in [-0.2, -0.15) is 0 Å². The van der Waals surface area contributed by atoms with Gasteiger partial charge in [-0.15, -0.1) is 0 Å². The van der Waals surface area contributed by atoms with Gasteiger partial charge in [-0.25, -0.2) is 0 Å². The molecular weight excluding hydrogens is 216 g/mol. The summed E-state index contributed by atoms with van der Waals surface area (Å²) in [6, 6.07) is 0. The molecule has 0 N–H and O–H groups in total. The first-order valence-electron chi connectivity index (χ1n) is 7.56. The third-order valence-electron chi connectivity index (χ3n) is 5.37. The molecule has 0 spiro atoms. The first-order valence-corrected chi connectivity index (χ1v) is 7.56. The van der Waals surface area contributed by atoms with Gasteiger partial charge in [-0.1, -0.05) is 75.3 Å². The first-order chi connectivity index (χ1) is 8.86. The molecule has 96 valence electrons. The molecule has 3 aliphatic rings. The van der Waals surface area contributed by atoms with Crippen molar-refractivity contribution in [1.82, 2.24) is 0 Å². The standard InChI is InChI=1S/C18H24/c1-3-15-16(4-2)18(14-11-7-8-12-14)17(15)13-9-5-6-10-13/h5-18H,3-4H2,1-2H3/t15-,16+,17+,18-. The van der Waals surface area contributed by atoms with Crippen molar-refractivity contribution in [1.29, 1.82) is 0 Å². The van der Waals surface area contributed by atoms with Crippen LogP contribution in [0.3, 0.4) is 0 Å². The van der Waals surface area contributed by atoms with E-state index in [9.17, 15) is 0 Å². The zero-order valence-corrected chi connectivity index (χ0v) is 11.5. The van der Waals surface area contributed by atoms with Crippen molar-refractivity contribution in [2.75, 3.05) is 0 Å². The molecule has 0 aliphatic heterocycles. The van der Waals surface area contributed by atoms with E-state index in [1.165, 1.54) is 12.8 Å². The summed E-state index contributed by atoms with van der Waals surface area (Å²) >= 11 is 0. The van der Waals surface area contributed by atoms with Crippen LogP contribution in [0.2, 0.25) is 0 Å². The third kappa shape index (κ3) is 1.74.